The topological polar surface area (TPSA) is 75.7 Å². The summed E-state index contributed by atoms with van der Waals surface area (Å²) in [6, 6.07) is 7.61. The highest BCUT2D eigenvalue weighted by atomic mass is 79.9. The number of anilines is 1. The van der Waals surface area contributed by atoms with Crippen LogP contribution in [0.5, 0.6) is 11.6 Å². The summed E-state index contributed by atoms with van der Waals surface area (Å²) in [6.07, 6.45) is 2.57. The summed E-state index contributed by atoms with van der Waals surface area (Å²) in [5, 5.41) is 3.15. The number of aromatic amines is 1. The average Bonchev–Trinajstić information content (AvgIpc) is 2.96. The van der Waals surface area contributed by atoms with E-state index in [2.05, 4.69) is 48.1 Å². The number of para-hydroxylation sites is 1. The van der Waals surface area contributed by atoms with Crippen molar-refractivity contribution in [3.8, 4) is 11.6 Å². The number of aromatic nitrogens is 4. The van der Waals surface area contributed by atoms with Gasteiger partial charge in [-0.1, -0.05) is 19.1 Å². The van der Waals surface area contributed by atoms with Gasteiger partial charge in [-0.3, -0.25) is 0 Å². The molecular weight excluding hydrogens is 334 g/mol. The van der Waals surface area contributed by atoms with Crippen LogP contribution in [0.25, 0.3) is 11.2 Å². The van der Waals surface area contributed by atoms with Crippen molar-refractivity contribution in [2.75, 3.05) is 11.9 Å². The van der Waals surface area contributed by atoms with E-state index in [-0.39, 0.29) is 0 Å². The van der Waals surface area contributed by atoms with Crippen molar-refractivity contribution in [3.05, 3.63) is 35.1 Å². The molecule has 3 rings (SSSR count). The van der Waals surface area contributed by atoms with Crippen LogP contribution in [0.15, 0.2) is 35.1 Å². The molecule has 0 spiro atoms. The van der Waals surface area contributed by atoms with Crippen LogP contribution in [-0.4, -0.2) is 26.5 Å². The minimum absolute atomic E-state index is 0.447. The van der Waals surface area contributed by atoms with E-state index in [0.717, 1.165) is 17.4 Å². The molecule has 108 valence electrons. The Morgan fingerprint density at radius 3 is 2.95 bits per heavy atom. The van der Waals surface area contributed by atoms with E-state index in [4.69, 9.17) is 4.74 Å². The predicted molar refractivity (Wildman–Crippen MR) is 84.7 cm³/mol. The Morgan fingerprint density at radius 2 is 2.14 bits per heavy atom. The molecule has 0 aliphatic carbocycles. The van der Waals surface area contributed by atoms with Crippen LogP contribution < -0.4 is 10.1 Å². The van der Waals surface area contributed by atoms with Crippen molar-refractivity contribution >= 4 is 33.0 Å². The van der Waals surface area contributed by atoms with E-state index in [0.29, 0.717) is 28.7 Å². The van der Waals surface area contributed by atoms with Gasteiger partial charge < -0.3 is 15.0 Å². The number of benzene rings is 1. The number of fused-ring (bicyclic) bond motifs is 1. The van der Waals surface area contributed by atoms with Gasteiger partial charge in [0.2, 0.25) is 5.95 Å². The Hall–Kier alpha value is -2.15. The Bertz CT molecular complexity index is 758. The monoisotopic (exact) mass is 347 g/mol. The smallest absolute Gasteiger partial charge is 0.250 e. The second-order valence-electron chi connectivity index (χ2n) is 4.41. The lowest BCUT2D eigenvalue weighted by Crippen LogP contribution is -2.05. The fourth-order valence-corrected chi connectivity index (χ4v) is 2.19. The number of H-pyrrole nitrogens is 1. The van der Waals surface area contributed by atoms with Crippen molar-refractivity contribution in [1.82, 2.24) is 19.9 Å². The predicted octanol–water partition coefficient (Wildman–Crippen LogP) is 3.73. The van der Waals surface area contributed by atoms with E-state index in [9.17, 15) is 0 Å². The van der Waals surface area contributed by atoms with Gasteiger partial charge in [0.05, 0.1) is 10.8 Å². The summed E-state index contributed by atoms with van der Waals surface area (Å²) >= 11 is 3.46. The van der Waals surface area contributed by atoms with Crippen LogP contribution in [0.1, 0.15) is 13.3 Å². The average molecular weight is 348 g/mol. The molecule has 2 heterocycles. The quantitative estimate of drug-likeness (QED) is 0.735. The van der Waals surface area contributed by atoms with Gasteiger partial charge in [0, 0.05) is 6.54 Å². The van der Waals surface area contributed by atoms with Crippen LogP contribution in [0.2, 0.25) is 0 Å². The summed E-state index contributed by atoms with van der Waals surface area (Å²) in [5.74, 6) is 1.65. The Labute approximate surface area is 130 Å². The molecule has 0 radical (unpaired) electrons. The zero-order valence-corrected chi connectivity index (χ0v) is 13.0. The van der Waals surface area contributed by atoms with Gasteiger partial charge in [-0.25, -0.2) is 4.98 Å². The van der Waals surface area contributed by atoms with Crippen LogP contribution in [0.3, 0.4) is 0 Å². The SMILES string of the molecule is CCCNc1nc(Oc2ccccc2Br)c2[nH]cnc2n1. The fraction of sp³-hybridized carbons (Fsp3) is 0.214. The van der Waals surface area contributed by atoms with Gasteiger partial charge >= 0.3 is 0 Å². The van der Waals surface area contributed by atoms with Gasteiger partial charge in [0.25, 0.3) is 5.88 Å². The second kappa shape index (κ2) is 6.09. The molecule has 0 unspecified atom stereocenters. The Kier molecular flexibility index (Phi) is 4.01. The van der Waals surface area contributed by atoms with E-state index < -0.39 is 0 Å². The van der Waals surface area contributed by atoms with Gasteiger partial charge in [0.15, 0.2) is 5.65 Å². The largest absolute Gasteiger partial charge is 0.436 e. The van der Waals surface area contributed by atoms with Crippen LogP contribution in [0, 0.1) is 0 Å². The molecule has 2 aromatic heterocycles. The molecular formula is C14H14BrN5O. The third-order valence-electron chi connectivity index (χ3n) is 2.83. The van der Waals surface area contributed by atoms with Crippen LogP contribution in [0.4, 0.5) is 5.95 Å². The molecule has 0 aliphatic rings. The Balaban J connectivity index is 2.00. The van der Waals surface area contributed by atoms with Crippen LogP contribution in [-0.2, 0) is 0 Å². The first-order chi connectivity index (χ1) is 10.3. The highest BCUT2D eigenvalue weighted by Gasteiger charge is 2.13. The number of imidazole rings is 1. The highest BCUT2D eigenvalue weighted by molar-refractivity contribution is 9.10. The molecule has 0 saturated carbocycles. The number of nitrogens with one attached hydrogen (secondary N) is 2. The van der Waals surface area contributed by atoms with E-state index in [1.165, 1.54) is 0 Å². The molecule has 0 aliphatic heterocycles. The summed E-state index contributed by atoms with van der Waals surface area (Å²) in [5.41, 5.74) is 1.25. The molecule has 0 bridgehead atoms. The molecule has 0 saturated heterocycles. The maximum absolute atomic E-state index is 5.89. The van der Waals surface area contributed by atoms with Gasteiger partial charge in [-0.15, -0.1) is 0 Å². The first-order valence-corrected chi connectivity index (χ1v) is 7.44. The lowest BCUT2D eigenvalue weighted by molar-refractivity contribution is 0.465. The van der Waals surface area contributed by atoms with Crippen molar-refractivity contribution < 1.29 is 4.74 Å². The molecule has 0 atom stereocenters. The molecule has 1 aromatic carbocycles. The lowest BCUT2D eigenvalue weighted by Gasteiger charge is -2.09. The molecule has 6 nitrogen and oxygen atoms in total. The van der Waals surface area contributed by atoms with Crippen molar-refractivity contribution in [1.29, 1.82) is 0 Å². The lowest BCUT2D eigenvalue weighted by atomic mass is 10.3. The zero-order valence-electron chi connectivity index (χ0n) is 11.4. The molecule has 0 amide bonds. The minimum atomic E-state index is 0.447. The van der Waals surface area contributed by atoms with Crippen molar-refractivity contribution in [2.45, 2.75) is 13.3 Å². The van der Waals surface area contributed by atoms with E-state index in [1.807, 2.05) is 24.3 Å². The number of ether oxygens (including phenoxy) is 1. The molecule has 3 aromatic rings. The second-order valence-corrected chi connectivity index (χ2v) is 5.27. The summed E-state index contributed by atoms with van der Waals surface area (Å²) in [4.78, 5) is 15.9. The summed E-state index contributed by atoms with van der Waals surface area (Å²) in [6.45, 7) is 2.88. The number of nitrogens with zero attached hydrogens (tertiary/aromatic N) is 3. The maximum atomic E-state index is 5.89. The van der Waals surface area contributed by atoms with Gasteiger partial charge in [0.1, 0.15) is 11.3 Å². The molecule has 2 N–H and O–H groups in total. The standard InChI is InChI=1S/C14H14BrN5O/c1-2-7-16-14-19-12-11(17-8-18-12)13(20-14)21-10-6-4-3-5-9(10)15/h3-6,8H,2,7H2,1H3,(H2,16,17,18,19,20). The van der Waals surface area contributed by atoms with E-state index in [1.54, 1.807) is 6.33 Å². The number of hydrogen-bond acceptors (Lipinski definition) is 5. The third-order valence-corrected chi connectivity index (χ3v) is 3.48. The third kappa shape index (κ3) is 2.97. The molecule has 0 fully saturated rings. The van der Waals surface area contributed by atoms with E-state index >= 15 is 0 Å². The number of hydrogen-bond donors (Lipinski definition) is 2. The zero-order chi connectivity index (χ0) is 14.7. The van der Waals surface area contributed by atoms with Crippen molar-refractivity contribution in [2.24, 2.45) is 0 Å². The summed E-state index contributed by atoms with van der Waals surface area (Å²) in [7, 11) is 0. The fourth-order valence-electron chi connectivity index (χ4n) is 1.83. The normalized spacial score (nSPS) is 10.8. The van der Waals surface area contributed by atoms with Gasteiger partial charge in [-0.05, 0) is 34.5 Å². The van der Waals surface area contributed by atoms with Crippen molar-refractivity contribution in [3.63, 3.8) is 0 Å². The van der Waals surface area contributed by atoms with Crippen LogP contribution >= 0.6 is 15.9 Å². The van der Waals surface area contributed by atoms with Gasteiger partial charge in [-0.2, -0.15) is 9.97 Å². The minimum Gasteiger partial charge on any atom is -0.436 e. The highest BCUT2D eigenvalue weighted by Crippen LogP contribution is 2.31. The number of halogens is 1. The first-order valence-electron chi connectivity index (χ1n) is 6.65. The summed E-state index contributed by atoms with van der Waals surface area (Å²) < 4.78 is 6.75. The Morgan fingerprint density at radius 1 is 1.29 bits per heavy atom. The maximum Gasteiger partial charge on any atom is 0.250 e. The molecule has 21 heavy (non-hydrogen) atoms. The first kappa shape index (κ1) is 13.8. The number of rotatable bonds is 5. The molecule has 7 heteroatoms.